The van der Waals surface area contributed by atoms with E-state index in [9.17, 15) is 0 Å². The van der Waals surface area contributed by atoms with Gasteiger partial charge in [-0.1, -0.05) is 12.2 Å². The first kappa shape index (κ1) is 10.3. The Kier molecular flexibility index (Phi) is 4.57. The summed E-state index contributed by atoms with van der Waals surface area (Å²) in [6.45, 7) is 1.45. The van der Waals surface area contributed by atoms with Gasteiger partial charge in [-0.3, -0.25) is 0 Å². The van der Waals surface area contributed by atoms with E-state index in [-0.39, 0.29) is 13.2 Å². The Morgan fingerprint density at radius 3 is 2.31 bits per heavy atom. The lowest BCUT2D eigenvalue weighted by Gasteiger charge is -2.25. The molecule has 13 heavy (non-hydrogen) atoms. The Balaban J connectivity index is 2.51. The second kappa shape index (κ2) is 5.78. The number of aliphatic hydroxyl groups excluding tert-OH is 2. The molecular weight excluding hydrogens is 166 g/mol. The number of allylic oxidation sites excluding steroid dienone is 3. The lowest BCUT2D eigenvalue weighted by atomic mass is 10.1. The van der Waals surface area contributed by atoms with Crippen molar-refractivity contribution >= 4 is 0 Å². The molecule has 0 fully saturated rings. The van der Waals surface area contributed by atoms with Gasteiger partial charge in [-0.25, -0.2) is 0 Å². The molecule has 0 unspecified atom stereocenters. The van der Waals surface area contributed by atoms with E-state index in [1.165, 1.54) is 0 Å². The van der Waals surface area contributed by atoms with E-state index < -0.39 is 0 Å². The van der Waals surface area contributed by atoms with E-state index in [2.05, 4.69) is 18.2 Å². The lowest BCUT2D eigenvalue weighted by molar-refractivity contribution is 0.191. The van der Waals surface area contributed by atoms with Gasteiger partial charge in [0.1, 0.15) is 0 Å². The monoisotopic (exact) mass is 183 g/mol. The van der Waals surface area contributed by atoms with Crippen LogP contribution in [0.15, 0.2) is 23.9 Å². The number of nitrogens with zero attached hydrogens (tertiary/aromatic N) is 1. The summed E-state index contributed by atoms with van der Waals surface area (Å²) in [7, 11) is 0. The molecule has 0 aromatic heterocycles. The highest BCUT2D eigenvalue weighted by molar-refractivity contribution is 5.21. The maximum atomic E-state index is 8.82. The summed E-state index contributed by atoms with van der Waals surface area (Å²) in [5.74, 6) is 0. The van der Waals surface area contributed by atoms with Crippen molar-refractivity contribution in [1.29, 1.82) is 0 Å². The highest BCUT2D eigenvalue weighted by Gasteiger charge is 2.06. The van der Waals surface area contributed by atoms with Gasteiger partial charge in [0, 0.05) is 18.8 Å². The van der Waals surface area contributed by atoms with Crippen LogP contribution in [0.5, 0.6) is 0 Å². The Bertz CT molecular complexity index is 193. The SMILES string of the molecule is OCCN(CCO)C1=CCCC=C1. The summed E-state index contributed by atoms with van der Waals surface area (Å²) in [6, 6.07) is 0. The molecule has 0 saturated heterocycles. The van der Waals surface area contributed by atoms with Gasteiger partial charge in [0.05, 0.1) is 13.2 Å². The predicted octanol–water partition coefficient (Wildman–Crippen LogP) is 0.507. The van der Waals surface area contributed by atoms with Gasteiger partial charge in [-0.05, 0) is 18.9 Å². The van der Waals surface area contributed by atoms with Crippen LogP contribution in [-0.2, 0) is 0 Å². The van der Waals surface area contributed by atoms with Gasteiger partial charge in [0.2, 0.25) is 0 Å². The van der Waals surface area contributed by atoms with Crippen molar-refractivity contribution in [2.45, 2.75) is 12.8 Å². The summed E-state index contributed by atoms with van der Waals surface area (Å²) in [5, 5.41) is 17.6. The summed E-state index contributed by atoms with van der Waals surface area (Å²) in [6.07, 6.45) is 8.46. The van der Waals surface area contributed by atoms with Crippen LogP contribution in [0.3, 0.4) is 0 Å². The quantitative estimate of drug-likeness (QED) is 0.652. The lowest BCUT2D eigenvalue weighted by Crippen LogP contribution is -2.29. The standard InChI is InChI=1S/C10H17NO2/c12-8-6-11(7-9-13)10-4-2-1-3-5-10/h2,4-5,12-13H,1,3,6-9H2. The minimum Gasteiger partial charge on any atom is -0.395 e. The van der Waals surface area contributed by atoms with Gasteiger partial charge in [0.15, 0.2) is 0 Å². The topological polar surface area (TPSA) is 43.7 Å². The van der Waals surface area contributed by atoms with E-state index >= 15 is 0 Å². The van der Waals surface area contributed by atoms with Crippen LogP contribution in [0.25, 0.3) is 0 Å². The van der Waals surface area contributed by atoms with Crippen LogP contribution in [0.1, 0.15) is 12.8 Å². The molecule has 1 rings (SSSR count). The highest BCUT2D eigenvalue weighted by Crippen LogP contribution is 2.13. The van der Waals surface area contributed by atoms with E-state index in [4.69, 9.17) is 10.2 Å². The van der Waals surface area contributed by atoms with E-state index in [0.717, 1.165) is 18.5 Å². The van der Waals surface area contributed by atoms with Crippen LogP contribution in [0, 0.1) is 0 Å². The molecular formula is C10H17NO2. The van der Waals surface area contributed by atoms with Gasteiger partial charge < -0.3 is 15.1 Å². The van der Waals surface area contributed by atoms with Crippen LogP contribution >= 0.6 is 0 Å². The van der Waals surface area contributed by atoms with E-state index in [0.29, 0.717) is 13.1 Å². The molecule has 1 aliphatic carbocycles. The fraction of sp³-hybridized carbons (Fsp3) is 0.600. The molecule has 2 N–H and O–H groups in total. The maximum absolute atomic E-state index is 8.82. The molecule has 0 saturated carbocycles. The fourth-order valence-corrected chi connectivity index (χ4v) is 1.45. The minimum atomic E-state index is 0.130. The third-order valence-electron chi connectivity index (χ3n) is 2.08. The molecule has 0 aromatic carbocycles. The summed E-state index contributed by atoms with van der Waals surface area (Å²) >= 11 is 0. The normalized spacial score (nSPS) is 15.7. The third kappa shape index (κ3) is 3.20. The predicted molar refractivity (Wildman–Crippen MR) is 52.2 cm³/mol. The van der Waals surface area contributed by atoms with Gasteiger partial charge in [-0.2, -0.15) is 0 Å². The fourth-order valence-electron chi connectivity index (χ4n) is 1.45. The average Bonchev–Trinajstić information content (AvgIpc) is 2.19. The number of aliphatic hydroxyl groups is 2. The third-order valence-corrected chi connectivity index (χ3v) is 2.08. The largest absolute Gasteiger partial charge is 0.395 e. The van der Waals surface area contributed by atoms with Crippen LogP contribution < -0.4 is 0 Å². The number of rotatable bonds is 5. The smallest absolute Gasteiger partial charge is 0.0606 e. The zero-order chi connectivity index (χ0) is 9.52. The Morgan fingerprint density at radius 2 is 1.85 bits per heavy atom. The molecule has 0 heterocycles. The molecule has 1 aliphatic rings. The molecule has 3 nitrogen and oxygen atoms in total. The Hall–Kier alpha value is -0.800. The zero-order valence-corrected chi connectivity index (χ0v) is 7.82. The molecule has 0 amide bonds. The van der Waals surface area contributed by atoms with Crippen molar-refractivity contribution in [2.24, 2.45) is 0 Å². The van der Waals surface area contributed by atoms with Crippen LogP contribution in [0.2, 0.25) is 0 Å². The van der Waals surface area contributed by atoms with Crippen molar-refractivity contribution in [3.05, 3.63) is 23.9 Å². The average molecular weight is 183 g/mol. The summed E-state index contributed by atoms with van der Waals surface area (Å²) < 4.78 is 0. The minimum absolute atomic E-state index is 0.130. The number of hydrogen-bond acceptors (Lipinski definition) is 3. The molecule has 0 atom stereocenters. The first-order valence-electron chi connectivity index (χ1n) is 4.72. The first-order chi connectivity index (χ1) is 6.38. The molecule has 3 heteroatoms. The van der Waals surface area contributed by atoms with E-state index in [1.54, 1.807) is 0 Å². The highest BCUT2D eigenvalue weighted by atomic mass is 16.3. The second-order valence-electron chi connectivity index (χ2n) is 3.04. The molecule has 0 aromatic rings. The molecule has 0 bridgehead atoms. The molecule has 0 radical (unpaired) electrons. The molecule has 0 aliphatic heterocycles. The van der Waals surface area contributed by atoms with Crippen LogP contribution in [0.4, 0.5) is 0 Å². The first-order valence-corrected chi connectivity index (χ1v) is 4.72. The van der Waals surface area contributed by atoms with Crippen molar-refractivity contribution in [1.82, 2.24) is 4.90 Å². The van der Waals surface area contributed by atoms with Crippen molar-refractivity contribution in [3.8, 4) is 0 Å². The van der Waals surface area contributed by atoms with Crippen LogP contribution in [-0.4, -0.2) is 41.4 Å². The Morgan fingerprint density at radius 1 is 1.15 bits per heavy atom. The maximum Gasteiger partial charge on any atom is 0.0606 e. The van der Waals surface area contributed by atoms with Crippen molar-refractivity contribution in [2.75, 3.05) is 26.3 Å². The van der Waals surface area contributed by atoms with Gasteiger partial charge in [0.25, 0.3) is 0 Å². The summed E-state index contributed by atoms with van der Waals surface area (Å²) in [4.78, 5) is 2.00. The number of hydrogen-bond donors (Lipinski definition) is 2. The zero-order valence-electron chi connectivity index (χ0n) is 7.82. The van der Waals surface area contributed by atoms with Gasteiger partial charge in [-0.15, -0.1) is 0 Å². The second-order valence-corrected chi connectivity index (χ2v) is 3.04. The summed E-state index contributed by atoms with van der Waals surface area (Å²) in [5.41, 5.74) is 1.12. The molecule has 0 spiro atoms. The Labute approximate surface area is 79.0 Å². The van der Waals surface area contributed by atoms with E-state index in [1.807, 2.05) is 4.90 Å². The van der Waals surface area contributed by atoms with Crippen molar-refractivity contribution < 1.29 is 10.2 Å². The molecule has 74 valence electrons. The van der Waals surface area contributed by atoms with Crippen molar-refractivity contribution in [3.63, 3.8) is 0 Å². The van der Waals surface area contributed by atoms with Gasteiger partial charge >= 0.3 is 0 Å².